The first-order valence-corrected chi connectivity index (χ1v) is 13.1. The molecule has 1 amide bonds. The first-order valence-electron chi connectivity index (χ1n) is 9.62. The van der Waals surface area contributed by atoms with E-state index in [4.69, 9.17) is 11.6 Å². The van der Waals surface area contributed by atoms with Crippen LogP contribution in [-0.4, -0.2) is 52.5 Å². The predicted octanol–water partition coefficient (Wildman–Crippen LogP) is 2.61. The Hall–Kier alpha value is -2.01. The van der Waals surface area contributed by atoms with Crippen LogP contribution in [0, 0.1) is 5.82 Å². The molecule has 1 atom stereocenters. The summed E-state index contributed by atoms with van der Waals surface area (Å²) >= 11 is 5.63. The molecule has 2 aromatic rings. The van der Waals surface area contributed by atoms with Gasteiger partial charge in [-0.05, 0) is 43.2 Å². The molecule has 2 aromatic carbocycles. The summed E-state index contributed by atoms with van der Waals surface area (Å²) in [7, 11) is -7.51. The minimum Gasteiger partial charge on any atom is -0.339 e. The molecule has 1 heterocycles. The predicted molar refractivity (Wildman–Crippen MR) is 114 cm³/mol. The van der Waals surface area contributed by atoms with Crippen LogP contribution in [0.15, 0.2) is 58.3 Å². The van der Waals surface area contributed by atoms with Gasteiger partial charge in [-0.25, -0.2) is 25.9 Å². The molecule has 11 heteroatoms. The highest BCUT2D eigenvalue weighted by molar-refractivity contribution is 7.91. The first-order chi connectivity index (χ1) is 14.6. The van der Waals surface area contributed by atoms with E-state index in [0.29, 0.717) is 19.4 Å². The molecule has 168 valence electrons. The van der Waals surface area contributed by atoms with Crippen LogP contribution in [0.25, 0.3) is 0 Å². The summed E-state index contributed by atoms with van der Waals surface area (Å²) < 4.78 is 65.4. The molecule has 0 aliphatic carbocycles. The highest BCUT2D eigenvalue weighted by Gasteiger charge is 2.32. The van der Waals surface area contributed by atoms with Crippen molar-refractivity contribution in [3.8, 4) is 0 Å². The van der Waals surface area contributed by atoms with Crippen molar-refractivity contribution >= 4 is 37.4 Å². The van der Waals surface area contributed by atoms with Gasteiger partial charge in [-0.15, -0.1) is 0 Å². The number of amides is 1. The van der Waals surface area contributed by atoms with Crippen LogP contribution >= 0.6 is 11.6 Å². The van der Waals surface area contributed by atoms with E-state index < -0.39 is 31.7 Å². The zero-order chi connectivity index (χ0) is 22.6. The van der Waals surface area contributed by atoms with Gasteiger partial charge in [-0.3, -0.25) is 4.79 Å². The minimum absolute atomic E-state index is 0.129. The van der Waals surface area contributed by atoms with E-state index in [1.165, 1.54) is 17.0 Å². The van der Waals surface area contributed by atoms with Gasteiger partial charge in [0.25, 0.3) is 0 Å². The summed E-state index contributed by atoms with van der Waals surface area (Å²) in [6.45, 7) is 0.249. The molecule has 0 radical (unpaired) electrons. The average molecular weight is 489 g/mol. The lowest BCUT2D eigenvalue weighted by Gasteiger charge is -2.24. The molecule has 1 fully saturated rings. The number of sulfone groups is 1. The van der Waals surface area contributed by atoms with Crippen LogP contribution in [0.5, 0.6) is 0 Å². The lowest BCUT2D eigenvalue weighted by atomic mass is 10.2. The maximum atomic E-state index is 13.2. The van der Waals surface area contributed by atoms with Crippen molar-refractivity contribution in [3.63, 3.8) is 0 Å². The van der Waals surface area contributed by atoms with Crippen molar-refractivity contribution < 1.29 is 26.0 Å². The van der Waals surface area contributed by atoms with Gasteiger partial charge in [0.05, 0.1) is 20.6 Å². The first kappa shape index (κ1) is 23.6. The highest BCUT2D eigenvalue weighted by Crippen LogP contribution is 2.23. The number of hydrogen-bond acceptors (Lipinski definition) is 5. The van der Waals surface area contributed by atoms with E-state index in [1.54, 1.807) is 18.2 Å². The number of halogens is 2. The average Bonchev–Trinajstić information content (AvgIpc) is 3.18. The van der Waals surface area contributed by atoms with Gasteiger partial charge in [0.15, 0.2) is 9.84 Å². The summed E-state index contributed by atoms with van der Waals surface area (Å²) in [4.78, 5) is 14.1. The smallest absolute Gasteiger partial charge is 0.240 e. The number of nitrogens with zero attached hydrogens (tertiary/aromatic N) is 1. The van der Waals surface area contributed by atoms with Crippen molar-refractivity contribution in [2.75, 3.05) is 18.8 Å². The molecule has 7 nitrogen and oxygen atoms in total. The number of nitrogens with one attached hydrogen (secondary N) is 1. The molecule has 3 rings (SSSR count). The summed E-state index contributed by atoms with van der Waals surface area (Å²) in [5, 5.41) is -0.321. The second-order valence-corrected chi connectivity index (χ2v) is 11.4. The fourth-order valence-corrected chi connectivity index (χ4v) is 6.40. The van der Waals surface area contributed by atoms with Gasteiger partial charge in [0, 0.05) is 25.6 Å². The summed E-state index contributed by atoms with van der Waals surface area (Å²) in [5.74, 6) is -1.24. The Bertz CT molecular complexity index is 1160. The third-order valence-electron chi connectivity index (χ3n) is 5.04. The summed E-state index contributed by atoms with van der Waals surface area (Å²) in [6, 6.07) is 10.6. The molecule has 1 aliphatic heterocycles. The number of benzene rings is 2. The Morgan fingerprint density at radius 2 is 1.81 bits per heavy atom. The highest BCUT2D eigenvalue weighted by atomic mass is 35.5. The Kier molecular flexibility index (Phi) is 7.35. The molecule has 1 N–H and O–H groups in total. The largest absolute Gasteiger partial charge is 0.339 e. The van der Waals surface area contributed by atoms with Gasteiger partial charge in [0.2, 0.25) is 15.9 Å². The second kappa shape index (κ2) is 9.64. The number of hydrogen-bond donors (Lipinski definition) is 1. The van der Waals surface area contributed by atoms with E-state index in [1.807, 2.05) is 0 Å². The van der Waals surface area contributed by atoms with E-state index in [9.17, 15) is 26.0 Å². The van der Waals surface area contributed by atoms with Crippen LogP contribution in [0.2, 0.25) is 5.02 Å². The van der Waals surface area contributed by atoms with Gasteiger partial charge in [-0.2, -0.15) is 0 Å². The van der Waals surface area contributed by atoms with Crippen LogP contribution in [-0.2, 0) is 24.7 Å². The van der Waals surface area contributed by atoms with Gasteiger partial charge in [0.1, 0.15) is 5.82 Å². The van der Waals surface area contributed by atoms with Crippen molar-refractivity contribution in [1.29, 1.82) is 0 Å². The van der Waals surface area contributed by atoms with Crippen LogP contribution < -0.4 is 4.72 Å². The molecule has 0 bridgehead atoms. The molecule has 31 heavy (non-hydrogen) atoms. The van der Waals surface area contributed by atoms with Crippen molar-refractivity contribution in [2.24, 2.45) is 0 Å². The number of likely N-dealkylation sites (tertiary alicyclic amines) is 1. The summed E-state index contributed by atoms with van der Waals surface area (Å²) in [6.07, 6.45) is 1.12. The van der Waals surface area contributed by atoms with E-state index in [2.05, 4.69) is 4.72 Å². The van der Waals surface area contributed by atoms with E-state index in [-0.39, 0.29) is 39.4 Å². The molecular weight excluding hydrogens is 467 g/mol. The van der Waals surface area contributed by atoms with Crippen LogP contribution in [0.4, 0.5) is 4.39 Å². The Balaban J connectivity index is 1.59. The summed E-state index contributed by atoms with van der Waals surface area (Å²) in [5.41, 5.74) is 0. The Labute approximate surface area is 186 Å². The number of carbonyl (C=O) groups is 1. The SMILES string of the molecule is O=C(CCNS(=O)(=O)c1ccc(F)c(Cl)c1)N1CCCC1CS(=O)(=O)c1ccccc1. The quantitative estimate of drug-likeness (QED) is 0.615. The lowest BCUT2D eigenvalue weighted by Crippen LogP contribution is -2.41. The molecule has 0 saturated carbocycles. The Morgan fingerprint density at radius 1 is 1.10 bits per heavy atom. The zero-order valence-corrected chi connectivity index (χ0v) is 18.9. The van der Waals surface area contributed by atoms with Crippen molar-refractivity contribution in [3.05, 3.63) is 59.4 Å². The molecular formula is C20H22ClFN2O5S2. The Morgan fingerprint density at radius 3 is 2.48 bits per heavy atom. The third kappa shape index (κ3) is 5.82. The molecule has 1 aliphatic rings. The number of sulfonamides is 1. The fourth-order valence-electron chi connectivity index (χ4n) is 3.48. The lowest BCUT2D eigenvalue weighted by molar-refractivity contribution is -0.131. The maximum Gasteiger partial charge on any atom is 0.240 e. The standard InChI is InChI=1S/C20H22ClFN2O5S2/c21-18-13-17(8-9-19(18)22)31(28,29)23-11-10-20(25)24-12-4-5-15(24)14-30(26,27)16-6-2-1-3-7-16/h1-3,6-9,13,15,23H,4-5,10-12,14H2. The number of carbonyl (C=O) groups excluding carboxylic acids is 1. The third-order valence-corrected chi connectivity index (χ3v) is 8.61. The zero-order valence-electron chi connectivity index (χ0n) is 16.5. The maximum absolute atomic E-state index is 13.2. The van der Waals surface area contributed by atoms with E-state index >= 15 is 0 Å². The normalized spacial score (nSPS) is 17.1. The van der Waals surface area contributed by atoms with Gasteiger partial charge < -0.3 is 4.90 Å². The van der Waals surface area contributed by atoms with E-state index in [0.717, 1.165) is 18.2 Å². The van der Waals surface area contributed by atoms with Crippen LogP contribution in [0.1, 0.15) is 19.3 Å². The van der Waals surface area contributed by atoms with Crippen molar-refractivity contribution in [2.45, 2.75) is 35.1 Å². The molecule has 0 aromatic heterocycles. The monoisotopic (exact) mass is 488 g/mol. The fraction of sp³-hybridized carbons (Fsp3) is 0.350. The number of rotatable bonds is 8. The molecule has 1 unspecified atom stereocenters. The minimum atomic E-state index is -3.96. The van der Waals surface area contributed by atoms with Crippen molar-refractivity contribution in [1.82, 2.24) is 9.62 Å². The molecule has 1 saturated heterocycles. The topological polar surface area (TPSA) is 101 Å². The molecule has 0 spiro atoms. The van der Waals surface area contributed by atoms with Gasteiger partial charge >= 0.3 is 0 Å². The second-order valence-electron chi connectivity index (χ2n) is 7.20. The van der Waals surface area contributed by atoms with Gasteiger partial charge in [-0.1, -0.05) is 29.8 Å². The van der Waals surface area contributed by atoms with Crippen LogP contribution in [0.3, 0.4) is 0 Å².